The molecule has 2 aromatic rings. The van der Waals surface area contributed by atoms with Crippen molar-refractivity contribution in [2.45, 2.75) is 19.9 Å². The first-order valence-corrected chi connectivity index (χ1v) is 7.67. The van der Waals surface area contributed by atoms with Crippen molar-refractivity contribution in [1.29, 1.82) is 0 Å². The van der Waals surface area contributed by atoms with E-state index < -0.39 is 6.04 Å². The summed E-state index contributed by atoms with van der Waals surface area (Å²) >= 11 is 0. The zero-order valence-electron chi connectivity index (χ0n) is 13.6. The molecule has 1 amide bonds. The van der Waals surface area contributed by atoms with Gasteiger partial charge in [0, 0.05) is 5.69 Å². The van der Waals surface area contributed by atoms with Crippen LogP contribution in [0.2, 0.25) is 0 Å². The number of hydrogen-bond donors (Lipinski definition) is 2. The van der Waals surface area contributed by atoms with E-state index in [2.05, 4.69) is 15.8 Å². The average Bonchev–Trinajstić information content (AvgIpc) is 3.02. The van der Waals surface area contributed by atoms with Crippen molar-refractivity contribution in [1.82, 2.24) is 5.43 Å². The van der Waals surface area contributed by atoms with E-state index in [9.17, 15) is 4.79 Å². The Hall–Kier alpha value is -3.02. The Morgan fingerprint density at radius 1 is 1.21 bits per heavy atom. The van der Waals surface area contributed by atoms with E-state index in [-0.39, 0.29) is 12.7 Å². The number of nitrogens with one attached hydrogen (secondary N) is 2. The summed E-state index contributed by atoms with van der Waals surface area (Å²) in [6.45, 7) is 4.02. The number of aryl methyl sites for hydroxylation is 1. The van der Waals surface area contributed by atoms with Gasteiger partial charge in [-0.1, -0.05) is 12.1 Å². The molecule has 2 N–H and O–H groups in total. The fraction of sp³-hybridized carbons (Fsp3) is 0.222. The number of hydrazone groups is 1. The number of fused-ring (bicyclic) bond motifs is 1. The first kappa shape index (κ1) is 15.9. The summed E-state index contributed by atoms with van der Waals surface area (Å²) in [6, 6.07) is 12.9. The van der Waals surface area contributed by atoms with Crippen LogP contribution < -0.4 is 20.2 Å². The molecule has 1 heterocycles. The van der Waals surface area contributed by atoms with Gasteiger partial charge in [-0.15, -0.1) is 0 Å². The SMILES string of the molecule is Cc1cccc(NC(C)C(=O)N/N=C/c2ccc3c(c2)OCO3)c1. The molecule has 0 aromatic heterocycles. The summed E-state index contributed by atoms with van der Waals surface area (Å²) in [6.07, 6.45) is 1.57. The number of benzene rings is 2. The number of amides is 1. The molecule has 1 aliphatic heterocycles. The van der Waals surface area contributed by atoms with Gasteiger partial charge in [-0.3, -0.25) is 4.79 Å². The predicted molar refractivity (Wildman–Crippen MR) is 92.6 cm³/mol. The quantitative estimate of drug-likeness (QED) is 0.655. The number of carbonyl (C=O) groups is 1. The van der Waals surface area contributed by atoms with Gasteiger partial charge in [0.2, 0.25) is 6.79 Å². The lowest BCUT2D eigenvalue weighted by molar-refractivity contribution is -0.121. The second-order valence-corrected chi connectivity index (χ2v) is 5.58. The maximum atomic E-state index is 12.1. The van der Waals surface area contributed by atoms with Crippen LogP contribution in [0.1, 0.15) is 18.1 Å². The summed E-state index contributed by atoms with van der Waals surface area (Å²) in [5.41, 5.74) is 5.38. The molecule has 0 aliphatic carbocycles. The van der Waals surface area contributed by atoms with Gasteiger partial charge in [0.25, 0.3) is 5.91 Å². The first-order chi connectivity index (χ1) is 11.6. The Labute approximate surface area is 140 Å². The molecule has 0 radical (unpaired) electrons. The fourth-order valence-electron chi connectivity index (χ4n) is 2.31. The van der Waals surface area contributed by atoms with Crippen LogP contribution in [0.5, 0.6) is 11.5 Å². The second-order valence-electron chi connectivity index (χ2n) is 5.58. The van der Waals surface area contributed by atoms with E-state index in [0.717, 1.165) is 16.8 Å². The van der Waals surface area contributed by atoms with Crippen molar-refractivity contribution in [2.24, 2.45) is 5.10 Å². The molecule has 0 saturated carbocycles. The van der Waals surface area contributed by atoms with Crippen LogP contribution in [0, 0.1) is 6.92 Å². The van der Waals surface area contributed by atoms with Crippen molar-refractivity contribution in [3.63, 3.8) is 0 Å². The number of anilines is 1. The summed E-state index contributed by atoms with van der Waals surface area (Å²) < 4.78 is 10.5. The maximum Gasteiger partial charge on any atom is 0.262 e. The third kappa shape index (κ3) is 3.84. The first-order valence-electron chi connectivity index (χ1n) is 7.67. The molecule has 124 valence electrons. The standard InChI is InChI=1S/C18H19N3O3/c1-12-4-3-5-15(8-12)20-13(2)18(22)21-19-10-14-6-7-16-17(9-14)24-11-23-16/h3-10,13,20H,11H2,1-2H3,(H,21,22)/b19-10+. The molecular formula is C18H19N3O3. The normalized spacial score (nSPS) is 13.8. The summed E-state index contributed by atoms with van der Waals surface area (Å²) in [7, 11) is 0. The van der Waals surface area contributed by atoms with Gasteiger partial charge in [0.05, 0.1) is 6.21 Å². The van der Waals surface area contributed by atoms with Gasteiger partial charge < -0.3 is 14.8 Å². The van der Waals surface area contributed by atoms with Gasteiger partial charge in [-0.05, 0) is 55.3 Å². The van der Waals surface area contributed by atoms with E-state index in [1.807, 2.05) is 49.4 Å². The van der Waals surface area contributed by atoms with Crippen molar-refractivity contribution in [3.05, 3.63) is 53.6 Å². The number of nitrogens with zero attached hydrogens (tertiary/aromatic N) is 1. The van der Waals surface area contributed by atoms with Crippen molar-refractivity contribution >= 4 is 17.8 Å². The predicted octanol–water partition coefficient (Wildman–Crippen LogP) is 2.67. The molecule has 2 aromatic carbocycles. The van der Waals surface area contributed by atoms with E-state index in [4.69, 9.17) is 9.47 Å². The minimum atomic E-state index is -0.402. The van der Waals surface area contributed by atoms with Crippen LogP contribution in [0.15, 0.2) is 47.6 Å². The lowest BCUT2D eigenvalue weighted by Gasteiger charge is -2.13. The van der Waals surface area contributed by atoms with E-state index in [0.29, 0.717) is 11.5 Å². The Kier molecular flexibility index (Phi) is 4.65. The summed E-state index contributed by atoms with van der Waals surface area (Å²) in [5.74, 6) is 1.18. The third-order valence-electron chi connectivity index (χ3n) is 3.58. The highest BCUT2D eigenvalue weighted by atomic mass is 16.7. The van der Waals surface area contributed by atoms with Crippen LogP contribution >= 0.6 is 0 Å². The molecule has 6 nitrogen and oxygen atoms in total. The highest BCUT2D eigenvalue weighted by molar-refractivity contribution is 5.86. The lowest BCUT2D eigenvalue weighted by Crippen LogP contribution is -2.34. The number of rotatable bonds is 5. The molecule has 0 fully saturated rings. The van der Waals surface area contributed by atoms with Gasteiger partial charge in [0.15, 0.2) is 11.5 Å². The van der Waals surface area contributed by atoms with Crippen molar-refractivity contribution in [2.75, 3.05) is 12.1 Å². The highest BCUT2D eigenvalue weighted by Crippen LogP contribution is 2.31. The molecule has 0 spiro atoms. The van der Waals surface area contributed by atoms with Crippen LogP contribution in [-0.4, -0.2) is 25.0 Å². The maximum absolute atomic E-state index is 12.1. The molecule has 1 atom stereocenters. The Morgan fingerprint density at radius 2 is 2.04 bits per heavy atom. The van der Waals surface area contributed by atoms with E-state index in [1.165, 1.54) is 0 Å². The molecule has 6 heteroatoms. The number of ether oxygens (including phenoxy) is 2. The number of carbonyl (C=O) groups excluding carboxylic acids is 1. The van der Waals surface area contributed by atoms with Gasteiger partial charge in [-0.2, -0.15) is 5.10 Å². The third-order valence-corrected chi connectivity index (χ3v) is 3.58. The second kappa shape index (κ2) is 7.04. The molecule has 3 rings (SSSR count). The molecular weight excluding hydrogens is 306 g/mol. The van der Waals surface area contributed by atoms with Crippen molar-refractivity contribution < 1.29 is 14.3 Å². The Morgan fingerprint density at radius 3 is 2.88 bits per heavy atom. The van der Waals surface area contributed by atoms with Gasteiger partial charge >= 0.3 is 0 Å². The number of hydrogen-bond acceptors (Lipinski definition) is 5. The smallest absolute Gasteiger partial charge is 0.262 e. The minimum Gasteiger partial charge on any atom is -0.454 e. The zero-order chi connectivity index (χ0) is 16.9. The molecule has 0 bridgehead atoms. The van der Waals surface area contributed by atoms with E-state index in [1.54, 1.807) is 13.1 Å². The lowest BCUT2D eigenvalue weighted by atomic mass is 10.2. The molecule has 24 heavy (non-hydrogen) atoms. The van der Waals surface area contributed by atoms with Crippen molar-refractivity contribution in [3.8, 4) is 11.5 Å². The van der Waals surface area contributed by atoms with Crippen LogP contribution in [0.3, 0.4) is 0 Å². The molecule has 1 unspecified atom stereocenters. The topological polar surface area (TPSA) is 72.0 Å². The Bertz CT molecular complexity index is 774. The van der Waals surface area contributed by atoms with Crippen LogP contribution in [-0.2, 0) is 4.79 Å². The Balaban J connectivity index is 1.54. The summed E-state index contributed by atoms with van der Waals surface area (Å²) in [4.78, 5) is 12.1. The monoisotopic (exact) mass is 325 g/mol. The summed E-state index contributed by atoms with van der Waals surface area (Å²) in [5, 5.41) is 7.13. The van der Waals surface area contributed by atoms with Crippen LogP contribution in [0.25, 0.3) is 0 Å². The fourth-order valence-corrected chi connectivity index (χ4v) is 2.31. The van der Waals surface area contributed by atoms with Gasteiger partial charge in [0.1, 0.15) is 6.04 Å². The van der Waals surface area contributed by atoms with E-state index >= 15 is 0 Å². The zero-order valence-corrected chi connectivity index (χ0v) is 13.6. The molecule has 1 aliphatic rings. The van der Waals surface area contributed by atoms with Crippen LogP contribution in [0.4, 0.5) is 5.69 Å². The highest BCUT2D eigenvalue weighted by Gasteiger charge is 2.13. The van der Waals surface area contributed by atoms with Gasteiger partial charge in [-0.25, -0.2) is 5.43 Å². The largest absolute Gasteiger partial charge is 0.454 e. The minimum absolute atomic E-state index is 0.214. The molecule has 0 saturated heterocycles. The average molecular weight is 325 g/mol.